The summed E-state index contributed by atoms with van der Waals surface area (Å²) < 4.78 is 10.9. The number of hydrogen-bond donors (Lipinski definition) is 2. The van der Waals surface area contributed by atoms with Gasteiger partial charge in [0.25, 0.3) is 0 Å². The van der Waals surface area contributed by atoms with Crippen molar-refractivity contribution in [1.29, 1.82) is 0 Å². The molecule has 0 saturated heterocycles. The zero-order valence-electron chi connectivity index (χ0n) is 14.5. The van der Waals surface area contributed by atoms with Crippen molar-refractivity contribution in [3.8, 4) is 11.5 Å². The summed E-state index contributed by atoms with van der Waals surface area (Å²) in [6, 6.07) is 7.23. The summed E-state index contributed by atoms with van der Waals surface area (Å²) >= 11 is 0. The van der Waals surface area contributed by atoms with Gasteiger partial charge in [0.1, 0.15) is 5.76 Å². The number of nitrogens with one attached hydrogen (secondary N) is 2. The van der Waals surface area contributed by atoms with Crippen LogP contribution in [0.25, 0.3) is 11.5 Å². The van der Waals surface area contributed by atoms with Crippen LogP contribution in [-0.2, 0) is 4.74 Å². The van der Waals surface area contributed by atoms with Gasteiger partial charge >= 0.3 is 6.03 Å². The number of anilines is 1. The molecule has 0 fully saturated rings. The molecule has 1 aromatic heterocycles. The van der Waals surface area contributed by atoms with Crippen LogP contribution < -0.4 is 10.6 Å². The number of unbranched alkanes of at least 4 members (excludes halogenated alkanes) is 1. The first-order chi connectivity index (χ1) is 11.6. The number of benzene rings is 1. The largest absolute Gasteiger partial charge is 0.441 e. The number of rotatable bonds is 8. The normalized spacial score (nSPS) is 10.6. The molecule has 0 unspecified atom stereocenters. The molecule has 6 heteroatoms. The van der Waals surface area contributed by atoms with Gasteiger partial charge in [0.05, 0.1) is 5.69 Å². The van der Waals surface area contributed by atoms with E-state index in [0.29, 0.717) is 18.1 Å². The smallest absolute Gasteiger partial charge is 0.319 e. The van der Waals surface area contributed by atoms with Crippen molar-refractivity contribution in [1.82, 2.24) is 10.3 Å². The molecule has 0 saturated carbocycles. The third-order valence-corrected chi connectivity index (χ3v) is 3.60. The van der Waals surface area contributed by atoms with Crippen molar-refractivity contribution in [3.05, 3.63) is 35.7 Å². The minimum absolute atomic E-state index is 0.219. The number of carbonyl (C=O) groups excluding carboxylic acids is 1. The molecule has 2 N–H and O–H groups in total. The van der Waals surface area contributed by atoms with Crippen LogP contribution in [-0.4, -0.2) is 30.8 Å². The molecule has 0 aliphatic rings. The van der Waals surface area contributed by atoms with Crippen LogP contribution in [0, 0.1) is 13.8 Å². The van der Waals surface area contributed by atoms with E-state index in [4.69, 9.17) is 9.15 Å². The number of carbonyl (C=O) groups is 1. The molecule has 0 aliphatic carbocycles. The van der Waals surface area contributed by atoms with Crippen LogP contribution in [0.3, 0.4) is 0 Å². The lowest BCUT2D eigenvalue weighted by Gasteiger charge is -2.08. The summed E-state index contributed by atoms with van der Waals surface area (Å²) in [6.07, 6.45) is 1.83. The highest BCUT2D eigenvalue weighted by molar-refractivity contribution is 5.89. The van der Waals surface area contributed by atoms with Gasteiger partial charge in [-0.05, 0) is 51.8 Å². The molecule has 2 rings (SSSR count). The van der Waals surface area contributed by atoms with E-state index in [0.717, 1.165) is 43.1 Å². The predicted octanol–water partition coefficient (Wildman–Crippen LogP) is 3.90. The number of oxazole rings is 1. The first kappa shape index (κ1) is 18.0. The molecular weight excluding hydrogens is 306 g/mol. The molecule has 24 heavy (non-hydrogen) atoms. The molecule has 1 aromatic carbocycles. The molecule has 0 bridgehead atoms. The summed E-state index contributed by atoms with van der Waals surface area (Å²) in [5.41, 5.74) is 2.40. The third kappa shape index (κ3) is 5.38. The van der Waals surface area contributed by atoms with E-state index in [-0.39, 0.29) is 6.03 Å². The van der Waals surface area contributed by atoms with Crippen LogP contribution in [0.15, 0.2) is 28.7 Å². The van der Waals surface area contributed by atoms with Crippen LogP contribution in [0.2, 0.25) is 0 Å². The fourth-order valence-electron chi connectivity index (χ4n) is 2.18. The number of aromatic nitrogens is 1. The summed E-state index contributed by atoms with van der Waals surface area (Å²) in [5, 5.41) is 5.66. The maximum atomic E-state index is 11.9. The molecule has 1 heterocycles. The van der Waals surface area contributed by atoms with Gasteiger partial charge in [0, 0.05) is 31.0 Å². The Hall–Kier alpha value is -2.34. The average molecular weight is 331 g/mol. The number of hydrogen-bond acceptors (Lipinski definition) is 4. The van der Waals surface area contributed by atoms with E-state index < -0.39 is 0 Å². The lowest BCUT2D eigenvalue weighted by Crippen LogP contribution is -2.29. The highest BCUT2D eigenvalue weighted by Crippen LogP contribution is 2.23. The lowest BCUT2D eigenvalue weighted by atomic mass is 10.2. The van der Waals surface area contributed by atoms with Crippen molar-refractivity contribution >= 4 is 11.7 Å². The molecule has 0 atom stereocenters. The van der Waals surface area contributed by atoms with E-state index in [1.54, 1.807) is 0 Å². The molecular formula is C18H25N3O3. The summed E-state index contributed by atoms with van der Waals surface area (Å²) in [5.74, 6) is 1.36. The van der Waals surface area contributed by atoms with Crippen LogP contribution in [0.5, 0.6) is 0 Å². The SMILES string of the molecule is CCOCCCCNC(=O)Nc1cccc(-c2nc(C)c(C)o2)c1. The van der Waals surface area contributed by atoms with Gasteiger partial charge in [-0.15, -0.1) is 0 Å². The Kier molecular flexibility index (Phi) is 6.81. The summed E-state index contributed by atoms with van der Waals surface area (Å²) in [7, 11) is 0. The van der Waals surface area contributed by atoms with Crippen molar-refractivity contribution in [2.24, 2.45) is 0 Å². The van der Waals surface area contributed by atoms with E-state index in [1.807, 2.05) is 45.0 Å². The summed E-state index contributed by atoms with van der Waals surface area (Å²) in [6.45, 7) is 7.85. The van der Waals surface area contributed by atoms with E-state index in [1.165, 1.54) is 0 Å². The maximum Gasteiger partial charge on any atom is 0.319 e. The standard InChI is InChI=1S/C18H25N3O3/c1-4-23-11-6-5-10-19-18(22)21-16-9-7-8-15(12-16)17-20-13(2)14(3)24-17/h7-9,12H,4-6,10-11H2,1-3H3,(H2,19,21,22). The first-order valence-corrected chi connectivity index (χ1v) is 8.27. The van der Waals surface area contributed by atoms with Crippen molar-refractivity contribution < 1.29 is 13.9 Å². The highest BCUT2D eigenvalue weighted by Gasteiger charge is 2.09. The van der Waals surface area contributed by atoms with E-state index >= 15 is 0 Å². The zero-order chi connectivity index (χ0) is 17.4. The van der Waals surface area contributed by atoms with Crippen molar-refractivity contribution in [2.75, 3.05) is 25.1 Å². The van der Waals surface area contributed by atoms with Gasteiger partial charge in [-0.25, -0.2) is 9.78 Å². The quantitative estimate of drug-likeness (QED) is 0.719. The molecule has 2 amide bonds. The Balaban J connectivity index is 1.84. The van der Waals surface area contributed by atoms with Crippen molar-refractivity contribution in [3.63, 3.8) is 0 Å². The Bertz CT molecular complexity index is 648. The topological polar surface area (TPSA) is 76.4 Å². The highest BCUT2D eigenvalue weighted by atomic mass is 16.5. The second kappa shape index (κ2) is 9.08. The van der Waals surface area contributed by atoms with E-state index in [9.17, 15) is 4.79 Å². The molecule has 2 aromatic rings. The van der Waals surface area contributed by atoms with Gasteiger partial charge in [-0.1, -0.05) is 6.07 Å². The molecule has 0 aliphatic heterocycles. The number of amides is 2. The van der Waals surface area contributed by atoms with Crippen LogP contribution in [0.4, 0.5) is 10.5 Å². The van der Waals surface area contributed by atoms with Crippen LogP contribution >= 0.6 is 0 Å². The second-order valence-corrected chi connectivity index (χ2v) is 5.53. The molecule has 0 spiro atoms. The number of nitrogens with zero attached hydrogens (tertiary/aromatic N) is 1. The monoisotopic (exact) mass is 331 g/mol. The Morgan fingerprint density at radius 3 is 2.83 bits per heavy atom. The lowest BCUT2D eigenvalue weighted by molar-refractivity contribution is 0.143. The second-order valence-electron chi connectivity index (χ2n) is 5.53. The molecule has 6 nitrogen and oxygen atoms in total. The van der Waals surface area contributed by atoms with Gasteiger partial charge in [0.15, 0.2) is 0 Å². The van der Waals surface area contributed by atoms with Crippen LogP contribution in [0.1, 0.15) is 31.2 Å². The molecule has 130 valence electrons. The fourth-order valence-corrected chi connectivity index (χ4v) is 2.18. The predicted molar refractivity (Wildman–Crippen MR) is 94.2 cm³/mol. The Labute approximate surface area is 142 Å². The maximum absolute atomic E-state index is 11.9. The fraction of sp³-hybridized carbons (Fsp3) is 0.444. The zero-order valence-corrected chi connectivity index (χ0v) is 14.5. The number of aryl methyl sites for hydroxylation is 2. The van der Waals surface area contributed by atoms with E-state index in [2.05, 4.69) is 15.6 Å². The summed E-state index contributed by atoms with van der Waals surface area (Å²) in [4.78, 5) is 16.3. The average Bonchev–Trinajstić information content (AvgIpc) is 2.90. The number of urea groups is 1. The number of ether oxygens (including phenoxy) is 1. The van der Waals surface area contributed by atoms with Gasteiger partial charge in [-0.2, -0.15) is 0 Å². The van der Waals surface area contributed by atoms with Gasteiger partial charge < -0.3 is 19.8 Å². The van der Waals surface area contributed by atoms with Gasteiger partial charge in [0.2, 0.25) is 5.89 Å². The minimum atomic E-state index is -0.219. The first-order valence-electron chi connectivity index (χ1n) is 8.27. The third-order valence-electron chi connectivity index (χ3n) is 3.60. The minimum Gasteiger partial charge on any atom is -0.441 e. The Morgan fingerprint density at radius 1 is 1.29 bits per heavy atom. The Morgan fingerprint density at radius 2 is 2.12 bits per heavy atom. The molecule has 0 radical (unpaired) electrons. The van der Waals surface area contributed by atoms with Crippen molar-refractivity contribution in [2.45, 2.75) is 33.6 Å². The van der Waals surface area contributed by atoms with Gasteiger partial charge in [-0.3, -0.25) is 0 Å².